The molecule has 0 atom stereocenters. The van der Waals surface area contributed by atoms with E-state index in [-0.39, 0.29) is 45.1 Å². The summed E-state index contributed by atoms with van der Waals surface area (Å²) in [7, 11) is 0. The van der Waals surface area contributed by atoms with Gasteiger partial charge in [-0.15, -0.1) is 5.10 Å². The fraction of sp³-hybridized carbons (Fsp3) is 0.179. The van der Waals surface area contributed by atoms with Gasteiger partial charge < -0.3 is 10.1 Å². The van der Waals surface area contributed by atoms with Gasteiger partial charge in [-0.3, -0.25) is 9.69 Å². The van der Waals surface area contributed by atoms with Gasteiger partial charge in [0.2, 0.25) is 5.91 Å². The zero-order valence-electron chi connectivity index (χ0n) is 22.8. The molecule has 1 saturated heterocycles. The summed E-state index contributed by atoms with van der Waals surface area (Å²) in [6.45, 7) is 0.0424. The first kappa shape index (κ1) is 31.5. The number of ether oxygens (including phenoxy) is 1. The van der Waals surface area contributed by atoms with E-state index in [1.165, 1.54) is 53.5 Å². The quantitative estimate of drug-likeness (QED) is 0.225. The van der Waals surface area contributed by atoms with Gasteiger partial charge >= 0.3 is 18.4 Å². The third-order valence-corrected chi connectivity index (χ3v) is 7.05. The number of halogens is 7. The van der Waals surface area contributed by atoms with Crippen molar-refractivity contribution in [2.45, 2.75) is 19.3 Å². The van der Waals surface area contributed by atoms with Crippen molar-refractivity contribution in [2.24, 2.45) is 4.99 Å². The first-order chi connectivity index (χ1) is 21.2. The number of hydrogen-bond acceptors (Lipinski definition) is 6. The maximum atomic E-state index is 15.0. The van der Waals surface area contributed by atoms with Gasteiger partial charge in [-0.1, -0.05) is 17.8 Å². The number of urea groups is 1. The maximum Gasteiger partial charge on any atom is 0.422 e. The lowest BCUT2D eigenvalue weighted by atomic mass is 10.2. The Morgan fingerprint density at radius 2 is 1.78 bits per heavy atom. The van der Waals surface area contributed by atoms with Crippen molar-refractivity contribution >= 4 is 40.2 Å². The average molecular weight is 653 g/mol. The van der Waals surface area contributed by atoms with Crippen LogP contribution in [0.3, 0.4) is 0 Å². The minimum atomic E-state index is -4.63. The molecule has 5 rings (SSSR count). The highest BCUT2D eigenvalue weighted by atomic mass is 32.2. The number of amides is 3. The Balaban J connectivity index is 1.32. The Kier molecular flexibility index (Phi) is 8.55. The molecule has 17 heteroatoms. The fourth-order valence-corrected chi connectivity index (χ4v) is 4.93. The van der Waals surface area contributed by atoms with E-state index in [4.69, 9.17) is 4.74 Å². The van der Waals surface area contributed by atoms with Crippen LogP contribution in [0.4, 0.5) is 46.9 Å². The second-order valence-electron chi connectivity index (χ2n) is 9.47. The van der Waals surface area contributed by atoms with Crippen molar-refractivity contribution in [3.63, 3.8) is 0 Å². The molecule has 0 unspecified atom stereocenters. The number of alkyl halides is 6. The summed E-state index contributed by atoms with van der Waals surface area (Å²) in [6.07, 6.45) is -7.90. The predicted octanol–water partition coefficient (Wildman–Crippen LogP) is 7.01. The molecule has 234 valence electrons. The van der Waals surface area contributed by atoms with Crippen LogP contribution in [0.15, 0.2) is 72.0 Å². The van der Waals surface area contributed by atoms with E-state index in [0.29, 0.717) is 5.56 Å². The van der Waals surface area contributed by atoms with E-state index >= 15 is 0 Å². The number of aromatic nitrogens is 3. The van der Waals surface area contributed by atoms with Gasteiger partial charge in [0.15, 0.2) is 17.6 Å². The molecule has 0 bridgehead atoms. The van der Waals surface area contributed by atoms with Gasteiger partial charge in [0, 0.05) is 5.56 Å². The third kappa shape index (κ3) is 7.42. The minimum Gasteiger partial charge on any atom is -0.482 e. The fourth-order valence-electron chi connectivity index (χ4n) is 4.07. The van der Waals surface area contributed by atoms with Crippen molar-refractivity contribution in [3.05, 3.63) is 83.9 Å². The number of carbonyl (C=O) groups is 2. The van der Waals surface area contributed by atoms with E-state index in [2.05, 4.69) is 20.4 Å². The number of carbonyl (C=O) groups excluding carboxylic acids is 2. The number of amidine groups is 1. The molecule has 0 spiro atoms. The monoisotopic (exact) mass is 652 g/mol. The van der Waals surface area contributed by atoms with Gasteiger partial charge in [0.05, 0.1) is 28.4 Å². The lowest BCUT2D eigenvalue weighted by Crippen LogP contribution is -2.31. The lowest BCUT2D eigenvalue weighted by Gasteiger charge is -2.21. The number of rotatable bonds is 6. The second-order valence-corrected chi connectivity index (χ2v) is 10.4. The van der Waals surface area contributed by atoms with Gasteiger partial charge in [-0.2, -0.15) is 31.3 Å². The summed E-state index contributed by atoms with van der Waals surface area (Å²) in [5.74, 6) is -1.83. The average Bonchev–Trinajstić information content (AvgIpc) is 3.60. The number of nitrogens with zero attached hydrogens (tertiary/aromatic N) is 5. The van der Waals surface area contributed by atoms with Gasteiger partial charge in [-0.25, -0.2) is 18.9 Å². The summed E-state index contributed by atoms with van der Waals surface area (Å²) in [5, 5.41) is 6.26. The Morgan fingerprint density at radius 3 is 2.44 bits per heavy atom. The number of hydrogen-bond donors (Lipinski definition) is 1. The topological polar surface area (TPSA) is 102 Å². The SMILES string of the molecule is Cc1ccc(OCC(F)(F)F)c(N2C(=O)CS/C2=N\C(=O)Nc2ccc(-c3ncn(-c4ccc(C(F)(F)F)cc4)n3)cc2F)c1. The molecule has 0 saturated carbocycles. The second kappa shape index (κ2) is 12.2. The summed E-state index contributed by atoms with van der Waals surface area (Å²) in [5.41, 5.74) is -0.0973. The van der Waals surface area contributed by atoms with Gasteiger partial charge in [0.1, 0.15) is 17.9 Å². The largest absolute Gasteiger partial charge is 0.482 e. The van der Waals surface area contributed by atoms with Crippen LogP contribution in [-0.2, 0) is 11.0 Å². The smallest absolute Gasteiger partial charge is 0.422 e. The molecule has 45 heavy (non-hydrogen) atoms. The Bertz CT molecular complexity index is 1790. The molecule has 4 aromatic rings. The molecule has 3 amide bonds. The molecule has 0 radical (unpaired) electrons. The summed E-state index contributed by atoms with van der Waals surface area (Å²) >= 11 is 0.856. The Labute approximate surface area is 253 Å². The van der Waals surface area contributed by atoms with Crippen LogP contribution >= 0.6 is 11.8 Å². The molecular formula is C28H19F7N6O3S. The van der Waals surface area contributed by atoms with Crippen LogP contribution in [0.5, 0.6) is 5.75 Å². The number of thioether (sulfide) groups is 1. The molecule has 1 aliphatic rings. The van der Waals surface area contributed by atoms with E-state index in [1.54, 1.807) is 6.92 Å². The molecule has 1 fully saturated rings. The zero-order valence-corrected chi connectivity index (χ0v) is 23.6. The summed E-state index contributed by atoms with van der Waals surface area (Å²) in [6, 6.07) is 10.9. The maximum absolute atomic E-state index is 15.0. The van der Waals surface area contributed by atoms with Crippen molar-refractivity contribution in [3.8, 4) is 22.8 Å². The van der Waals surface area contributed by atoms with Crippen LogP contribution in [0, 0.1) is 12.7 Å². The van der Waals surface area contributed by atoms with Crippen molar-refractivity contribution < 1.29 is 45.1 Å². The third-order valence-electron chi connectivity index (χ3n) is 6.13. The van der Waals surface area contributed by atoms with Crippen LogP contribution in [0.1, 0.15) is 11.1 Å². The highest BCUT2D eigenvalue weighted by Gasteiger charge is 2.34. The van der Waals surface area contributed by atoms with Crippen molar-refractivity contribution in [1.82, 2.24) is 14.8 Å². The van der Waals surface area contributed by atoms with E-state index in [1.807, 2.05) is 0 Å². The molecule has 1 N–H and O–H groups in total. The van der Waals surface area contributed by atoms with Crippen molar-refractivity contribution in [2.75, 3.05) is 22.6 Å². The molecule has 3 aromatic carbocycles. The normalized spacial score (nSPS) is 14.7. The van der Waals surface area contributed by atoms with E-state index in [0.717, 1.165) is 34.9 Å². The molecule has 0 aliphatic carbocycles. The molecule has 1 aliphatic heterocycles. The Morgan fingerprint density at radius 1 is 1.04 bits per heavy atom. The van der Waals surface area contributed by atoms with E-state index in [9.17, 15) is 40.3 Å². The summed E-state index contributed by atoms with van der Waals surface area (Å²) in [4.78, 5) is 34.2. The van der Waals surface area contributed by atoms with E-state index < -0.39 is 42.3 Å². The molecule has 9 nitrogen and oxygen atoms in total. The zero-order chi connectivity index (χ0) is 32.5. The number of nitrogens with one attached hydrogen (secondary N) is 1. The predicted molar refractivity (Wildman–Crippen MR) is 151 cm³/mol. The van der Waals surface area contributed by atoms with Crippen LogP contribution in [0.2, 0.25) is 0 Å². The number of benzene rings is 3. The highest BCUT2D eigenvalue weighted by molar-refractivity contribution is 8.15. The number of anilines is 2. The van der Waals surface area contributed by atoms with Crippen LogP contribution in [-0.4, -0.2) is 50.4 Å². The van der Waals surface area contributed by atoms with Crippen LogP contribution in [0.25, 0.3) is 17.1 Å². The van der Waals surface area contributed by atoms with Gasteiger partial charge in [-0.05, 0) is 67.1 Å². The molecule has 1 aromatic heterocycles. The first-order valence-corrected chi connectivity index (χ1v) is 13.7. The molecule has 2 heterocycles. The van der Waals surface area contributed by atoms with Crippen LogP contribution < -0.4 is 15.0 Å². The number of aryl methyl sites for hydroxylation is 1. The minimum absolute atomic E-state index is 0.0421. The first-order valence-electron chi connectivity index (χ1n) is 12.7. The Hall–Kier alpha value is -4.93. The van der Waals surface area contributed by atoms with Crippen molar-refractivity contribution in [1.29, 1.82) is 0 Å². The van der Waals surface area contributed by atoms with Gasteiger partial charge in [0.25, 0.3) is 0 Å². The number of aliphatic imine (C=N–C) groups is 1. The standard InChI is InChI=1S/C28H19F7N6O3S/c1-15-2-9-22(44-13-27(30,31)32)21(10-15)41-23(42)12-45-26(41)38-25(43)37-20-8-3-16(11-19(20)29)24-36-14-40(39-24)18-6-4-17(5-7-18)28(33,34)35/h2-11,14H,12-13H2,1H3,(H,37,43)/b38-26-. The lowest BCUT2D eigenvalue weighted by molar-refractivity contribution is -0.153. The molecular weight excluding hydrogens is 633 g/mol. The summed E-state index contributed by atoms with van der Waals surface area (Å²) < 4.78 is 97.9. The highest BCUT2D eigenvalue weighted by Crippen LogP contribution is 2.36.